The topological polar surface area (TPSA) is 21.3 Å². The molecule has 0 bridgehead atoms. The van der Waals surface area contributed by atoms with E-state index in [4.69, 9.17) is 16.3 Å². The van der Waals surface area contributed by atoms with E-state index in [0.29, 0.717) is 0 Å². The number of rotatable bonds is 12. The van der Waals surface area contributed by atoms with Crippen molar-refractivity contribution in [2.24, 2.45) is 0 Å². The number of halogens is 1. The van der Waals surface area contributed by atoms with Crippen LogP contribution in [0, 0.1) is 0 Å². The molecular formula is C18H30ClNO. The zero-order valence-electron chi connectivity index (χ0n) is 13.6. The van der Waals surface area contributed by atoms with Crippen LogP contribution in [0.25, 0.3) is 0 Å². The number of ether oxygens (including phenoxy) is 1. The number of hydrogen-bond donors (Lipinski definition) is 1. The second-order valence-corrected chi connectivity index (χ2v) is 5.98. The van der Waals surface area contributed by atoms with Crippen LogP contribution >= 0.6 is 11.6 Å². The Hall–Kier alpha value is -0.730. The molecule has 0 aliphatic rings. The highest BCUT2D eigenvalue weighted by Gasteiger charge is 2.06. The molecule has 0 radical (unpaired) electrons. The van der Waals surface area contributed by atoms with E-state index in [0.717, 1.165) is 35.9 Å². The van der Waals surface area contributed by atoms with Crippen molar-refractivity contribution in [1.29, 1.82) is 0 Å². The van der Waals surface area contributed by atoms with Crippen molar-refractivity contribution >= 4 is 11.6 Å². The third-order valence-electron chi connectivity index (χ3n) is 3.68. The van der Waals surface area contributed by atoms with Crippen molar-refractivity contribution in [3.63, 3.8) is 0 Å². The Morgan fingerprint density at radius 2 is 1.67 bits per heavy atom. The van der Waals surface area contributed by atoms with E-state index in [1.165, 1.54) is 44.9 Å². The first-order valence-electron chi connectivity index (χ1n) is 8.34. The van der Waals surface area contributed by atoms with Gasteiger partial charge in [0.15, 0.2) is 0 Å². The van der Waals surface area contributed by atoms with Gasteiger partial charge in [-0.25, -0.2) is 0 Å². The maximum absolute atomic E-state index is 6.21. The Morgan fingerprint density at radius 1 is 1.00 bits per heavy atom. The summed E-state index contributed by atoms with van der Waals surface area (Å²) >= 11 is 6.21. The minimum Gasteiger partial charge on any atom is -0.493 e. The van der Waals surface area contributed by atoms with Gasteiger partial charge < -0.3 is 10.1 Å². The van der Waals surface area contributed by atoms with Crippen molar-refractivity contribution < 1.29 is 4.74 Å². The molecule has 0 spiro atoms. The molecule has 0 saturated heterocycles. The predicted molar refractivity (Wildman–Crippen MR) is 92.3 cm³/mol. The van der Waals surface area contributed by atoms with E-state index < -0.39 is 0 Å². The molecule has 1 N–H and O–H groups in total. The Bertz CT molecular complexity index is 381. The number of unbranched alkanes of at least 4 members (excludes halogenated alkanes) is 7. The standard InChI is InChI=1S/C18H30ClNO/c1-3-4-5-6-7-8-9-10-14-21-18-13-11-12-17(19)16(18)15-20-2/h11-13,20H,3-10,14-15H2,1-2H3. The van der Waals surface area contributed by atoms with Gasteiger partial charge in [-0.3, -0.25) is 0 Å². The number of hydrogen-bond acceptors (Lipinski definition) is 2. The number of nitrogens with one attached hydrogen (secondary N) is 1. The maximum atomic E-state index is 6.21. The van der Waals surface area contributed by atoms with E-state index in [1.807, 2.05) is 25.2 Å². The summed E-state index contributed by atoms with van der Waals surface area (Å²) in [5.41, 5.74) is 1.06. The normalized spacial score (nSPS) is 10.8. The van der Waals surface area contributed by atoms with Gasteiger partial charge in [-0.2, -0.15) is 0 Å². The molecule has 1 aromatic rings. The molecule has 0 unspecified atom stereocenters. The van der Waals surface area contributed by atoms with Crippen molar-refractivity contribution in [3.8, 4) is 5.75 Å². The van der Waals surface area contributed by atoms with Crippen molar-refractivity contribution in [1.82, 2.24) is 5.32 Å². The average Bonchev–Trinajstić information content (AvgIpc) is 2.49. The molecule has 0 saturated carbocycles. The Labute approximate surface area is 135 Å². The fourth-order valence-corrected chi connectivity index (χ4v) is 2.67. The van der Waals surface area contributed by atoms with E-state index in [9.17, 15) is 0 Å². The first-order valence-corrected chi connectivity index (χ1v) is 8.72. The molecule has 0 fully saturated rings. The smallest absolute Gasteiger partial charge is 0.125 e. The Morgan fingerprint density at radius 3 is 2.33 bits per heavy atom. The number of benzene rings is 1. The average molecular weight is 312 g/mol. The Kier molecular flexibility index (Phi) is 10.4. The van der Waals surface area contributed by atoms with Gasteiger partial charge in [0.1, 0.15) is 5.75 Å². The first kappa shape index (κ1) is 18.3. The van der Waals surface area contributed by atoms with Crippen molar-refractivity contribution in [2.75, 3.05) is 13.7 Å². The summed E-state index contributed by atoms with van der Waals surface area (Å²) in [6, 6.07) is 5.87. The van der Waals surface area contributed by atoms with Gasteiger partial charge in [0.05, 0.1) is 6.61 Å². The van der Waals surface area contributed by atoms with Crippen LogP contribution in [0.5, 0.6) is 5.75 Å². The van der Waals surface area contributed by atoms with Crippen LogP contribution in [0.15, 0.2) is 18.2 Å². The van der Waals surface area contributed by atoms with Crippen molar-refractivity contribution in [3.05, 3.63) is 28.8 Å². The first-order chi connectivity index (χ1) is 10.3. The third kappa shape index (κ3) is 7.73. The molecule has 0 heterocycles. The van der Waals surface area contributed by atoms with Crippen molar-refractivity contribution in [2.45, 2.75) is 64.8 Å². The van der Waals surface area contributed by atoms with Gasteiger partial charge in [-0.15, -0.1) is 0 Å². The van der Waals surface area contributed by atoms with Gasteiger partial charge in [0.25, 0.3) is 0 Å². The lowest BCUT2D eigenvalue weighted by atomic mass is 10.1. The lowest BCUT2D eigenvalue weighted by Crippen LogP contribution is -2.08. The summed E-state index contributed by atoms with van der Waals surface area (Å²) in [5.74, 6) is 0.916. The monoisotopic (exact) mass is 311 g/mol. The quantitative estimate of drug-likeness (QED) is 0.509. The van der Waals surface area contributed by atoms with E-state index in [-0.39, 0.29) is 0 Å². The summed E-state index contributed by atoms with van der Waals surface area (Å²) in [6.45, 7) is 3.79. The second kappa shape index (κ2) is 11.9. The van der Waals surface area contributed by atoms with Gasteiger partial charge >= 0.3 is 0 Å². The highest BCUT2D eigenvalue weighted by molar-refractivity contribution is 6.31. The largest absolute Gasteiger partial charge is 0.493 e. The van der Waals surface area contributed by atoms with Crippen LogP contribution in [-0.4, -0.2) is 13.7 Å². The molecule has 0 aliphatic carbocycles. The molecule has 21 heavy (non-hydrogen) atoms. The zero-order valence-corrected chi connectivity index (χ0v) is 14.3. The van der Waals surface area contributed by atoms with Crippen LogP contribution in [0.1, 0.15) is 63.9 Å². The molecule has 0 aliphatic heterocycles. The third-order valence-corrected chi connectivity index (χ3v) is 4.04. The van der Waals surface area contributed by atoms with E-state index >= 15 is 0 Å². The molecule has 2 nitrogen and oxygen atoms in total. The lowest BCUT2D eigenvalue weighted by Gasteiger charge is -2.12. The fourth-order valence-electron chi connectivity index (χ4n) is 2.44. The molecule has 0 atom stereocenters. The Balaban J connectivity index is 2.16. The SMILES string of the molecule is CCCCCCCCCCOc1cccc(Cl)c1CNC. The van der Waals surface area contributed by atoms with Crippen LogP contribution < -0.4 is 10.1 Å². The summed E-state index contributed by atoms with van der Waals surface area (Å²) < 4.78 is 5.89. The van der Waals surface area contributed by atoms with E-state index in [1.54, 1.807) is 0 Å². The fraction of sp³-hybridized carbons (Fsp3) is 0.667. The highest BCUT2D eigenvalue weighted by atomic mass is 35.5. The molecule has 1 aromatic carbocycles. The second-order valence-electron chi connectivity index (χ2n) is 5.57. The summed E-state index contributed by atoms with van der Waals surface area (Å²) in [4.78, 5) is 0. The molecule has 1 rings (SSSR count). The van der Waals surface area contributed by atoms with Crippen LogP contribution in [0.4, 0.5) is 0 Å². The predicted octanol–water partition coefficient (Wildman–Crippen LogP) is 5.58. The van der Waals surface area contributed by atoms with Gasteiger partial charge in [0.2, 0.25) is 0 Å². The molecule has 0 amide bonds. The van der Waals surface area contributed by atoms with Crippen LogP contribution in [0.3, 0.4) is 0 Å². The minimum absolute atomic E-state index is 0.742. The lowest BCUT2D eigenvalue weighted by molar-refractivity contribution is 0.301. The van der Waals surface area contributed by atoms with Crippen LogP contribution in [0.2, 0.25) is 5.02 Å². The zero-order chi connectivity index (χ0) is 15.3. The maximum Gasteiger partial charge on any atom is 0.125 e. The van der Waals surface area contributed by atoms with Gasteiger partial charge in [0, 0.05) is 17.1 Å². The van der Waals surface area contributed by atoms with Gasteiger partial charge in [-0.05, 0) is 25.6 Å². The summed E-state index contributed by atoms with van der Waals surface area (Å²) in [7, 11) is 1.92. The summed E-state index contributed by atoms with van der Waals surface area (Å²) in [5, 5.41) is 3.91. The minimum atomic E-state index is 0.742. The highest BCUT2D eigenvalue weighted by Crippen LogP contribution is 2.26. The van der Waals surface area contributed by atoms with Crippen LogP contribution in [-0.2, 0) is 6.54 Å². The molecule has 120 valence electrons. The molecule has 0 aromatic heterocycles. The molecule has 3 heteroatoms. The van der Waals surface area contributed by atoms with E-state index in [2.05, 4.69) is 12.2 Å². The van der Waals surface area contributed by atoms with Gasteiger partial charge in [-0.1, -0.05) is 69.5 Å². The molecular weight excluding hydrogens is 282 g/mol. The summed E-state index contributed by atoms with van der Waals surface area (Å²) in [6.07, 6.45) is 10.5.